The fourth-order valence-corrected chi connectivity index (χ4v) is 3.49. The Morgan fingerprint density at radius 2 is 1.96 bits per heavy atom. The fourth-order valence-electron chi connectivity index (χ4n) is 2.51. The molecule has 8 heteroatoms. The molecule has 0 saturated heterocycles. The Balaban J connectivity index is 1.99. The number of hydrogen-bond donors (Lipinski definition) is 2. The van der Waals surface area contributed by atoms with Gasteiger partial charge in [0.25, 0.3) is 5.56 Å². The van der Waals surface area contributed by atoms with E-state index in [1.807, 2.05) is 6.07 Å². The number of para-hydroxylation sites is 1. The number of carboxylic acids is 1. The monoisotopic (exact) mass is 357 g/mol. The first kappa shape index (κ1) is 16.8. The number of aryl methyl sites for hydroxylation is 1. The van der Waals surface area contributed by atoms with Gasteiger partial charge in [-0.1, -0.05) is 18.2 Å². The Labute approximate surface area is 146 Å². The number of amides is 1. The molecule has 0 spiro atoms. The van der Waals surface area contributed by atoms with Gasteiger partial charge in [-0.2, -0.15) is 0 Å². The standard InChI is InChI=1S/C17H15N3O4S/c1-9-12-15(25-13(9)17(23)24)18-8-20(16(12)22)10(2)14(21)19-11-6-4-3-5-7-11/h3-8,10H,1-2H3,(H,19,21)(H,23,24). The second kappa shape index (κ2) is 6.48. The summed E-state index contributed by atoms with van der Waals surface area (Å²) in [6, 6.07) is 8.12. The van der Waals surface area contributed by atoms with Crippen LogP contribution in [0.1, 0.15) is 28.2 Å². The second-order valence-corrected chi connectivity index (χ2v) is 6.53. The molecule has 1 aromatic carbocycles. The number of carboxylic acid groups (broad SMARTS) is 1. The molecule has 0 aliphatic heterocycles. The van der Waals surface area contributed by atoms with E-state index >= 15 is 0 Å². The van der Waals surface area contributed by atoms with Crippen molar-refractivity contribution in [1.82, 2.24) is 9.55 Å². The number of rotatable bonds is 4. The van der Waals surface area contributed by atoms with Gasteiger partial charge in [-0.3, -0.25) is 14.2 Å². The van der Waals surface area contributed by atoms with E-state index in [2.05, 4.69) is 10.3 Å². The molecule has 0 radical (unpaired) electrons. The summed E-state index contributed by atoms with van der Waals surface area (Å²) in [5, 5.41) is 12.2. The molecule has 3 rings (SSSR count). The molecule has 25 heavy (non-hydrogen) atoms. The zero-order valence-corrected chi connectivity index (χ0v) is 14.3. The minimum Gasteiger partial charge on any atom is -0.477 e. The Morgan fingerprint density at radius 3 is 2.60 bits per heavy atom. The molecule has 7 nitrogen and oxygen atoms in total. The van der Waals surface area contributed by atoms with Crippen LogP contribution in [-0.4, -0.2) is 26.5 Å². The van der Waals surface area contributed by atoms with Gasteiger partial charge in [0.2, 0.25) is 5.91 Å². The first-order valence-electron chi connectivity index (χ1n) is 7.49. The van der Waals surface area contributed by atoms with E-state index in [0.717, 1.165) is 11.3 Å². The number of aromatic nitrogens is 2. The zero-order valence-electron chi connectivity index (χ0n) is 13.5. The lowest BCUT2D eigenvalue weighted by molar-refractivity contribution is -0.118. The first-order chi connectivity index (χ1) is 11.9. The van der Waals surface area contributed by atoms with Crippen molar-refractivity contribution < 1.29 is 14.7 Å². The molecule has 0 fully saturated rings. The number of benzene rings is 1. The van der Waals surface area contributed by atoms with Crippen LogP contribution in [0.5, 0.6) is 0 Å². The third kappa shape index (κ3) is 3.03. The fraction of sp³-hybridized carbons (Fsp3) is 0.176. The maximum atomic E-state index is 12.7. The summed E-state index contributed by atoms with van der Waals surface area (Å²) in [5.41, 5.74) is 0.568. The van der Waals surface area contributed by atoms with Crippen LogP contribution in [-0.2, 0) is 4.79 Å². The average Bonchev–Trinajstić information content (AvgIpc) is 2.93. The summed E-state index contributed by atoms with van der Waals surface area (Å²) in [6.07, 6.45) is 1.28. The highest BCUT2D eigenvalue weighted by molar-refractivity contribution is 7.20. The van der Waals surface area contributed by atoms with Crippen LogP contribution in [0.25, 0.3) is 10.2 Å². The number of aromatic carboxylic acids is 1. The van der Waals surface area contributed by atoms with Crippen molar-refractivity contribution in [3.8, 4) is 0 Å². The minimum absolute atomic E-state index is 0.0822. The van der Waals surface area contributed by atoms with Crippen LogP contribution < -0.4 is 10.9 Å². The van der Waals surface area contributed by atoms with E-state index < -0.39 is 17.6 Å². The van der Waals surface area contributed by atoms with Crippen LogP contribution in [0.15, 0.2) is 41.5 Å². The number of nitrogens with zero attached hydrogens (tertiary/aromatic N) is 2. The molecule has 0 bridgehead atoms. The van der Waals surface area contributed by atoms with Crippen molar-refractivity contribution in [2.75, 3.05) is 5.32 Å². The van der Waals surface area contributed by atoms with Crippen molar-refractivity contribution in [2.24, 2.45) is 0 Å². The molecule has 2 aromatic heterocycles. The Morgan fingerprint density at radius 1 is 1.28 bits per heavy atom. The summed E-state index contributed by atoms with van der Waals surface area (Å²) in [4.78, 5) is 41.0. The lowest BCUT2D eigenvalue weighted by atomic mass is 10.2. The third-order valence-electron chi connectivity index (χ3n) is 3.91. The lowest BCUT2D eigenvalue weighted by Gasteiger charge is -2.14. The molecule has 0 saturated carbocycles. The Kier molecular flexibility index (Phi) is 4.37. The van der Waals surface area contributed by atoms with Crippen molar-refractivity contribution in [1.29, 1.82) is 0 Å². The summed E-state index contributed by atoms with van der Waals surface area (Å²) in [6.45, 7) is 3.16. The summed E-state index contributed by atoms with van der Waals surface area (Å²) in [5.74, 6) is -1.46. The number of fused-ring (bicyclic) bond motifs is 1. The average molecular weight is 357 g/mol. The maximum absolute atomic E-state index is 12.7. The Hall–Kier alpha value is -3.00. The van der Waals surface area contributed by atoms with Gasteiger partial charge in [0, 0.05) is 5.69 Å². The largest absolute Gasteiger partial charge is 0.477 e. The van der Waals surface area contributed by atoms with E-state index in [1.165, 1.54) is 10.9 Å². The van der Waals surface area contributed by atoms with Gasteiger partial charge < -0.3 is 10.4 Å². The second-order valence-electron chi connectivity index (χ2n) is 5.53. The topological polar surface area (TPSA) is 101 Å². The molecular weight excluding hydrogens is 342 g/mol. The summed E-state index contributed by atoms with van der Waals surface area (Å²) >= 11 is 0.953. The molecule has 0 aliphatic carbocycles. The van der Waals surface area contributed by atoms with Crippen molar-refractivity contribution >= 4 is 39.1 Å². The molecular formula is C17H15N3O4S. The van der Waals surface area contributed by atoms with Crippen LogP contribution in [0.2, 0.25) is 0 Å². The van der Waals surface area contributed by atoms with E-state index in [4.69, 9.17) is 0 Å². The number of carbonyl (C=O) groups is 2. The predicted molar refractivity (Wildman–Crippen MR) is 95.4 cm³/mol. The van der Waals surface area contributed by atoms with Crippen molar-refractivity contribution in [2.45, 2.75) is 19.9 Å². The van der Waals surface area contributed by atoms with E-state index in [-0.39, 0.29) is 16.2 Å². The van der Waals surface area contributed by atoms with Gasteiger partial charge in [0.1, 0.15) is 15.7 Å². The smallest absolute Gasteiger partial charge is 0.346 e. The van der Waals surface area contributed by atoms with Gasteiger partial charge in [-0.25, -0.2) is 9.78 Å². The number of thiophene rings is 1. The van der Waals surface area contributed by atoms with Crippen LogP contribution in [0.4, 0.5) is 5.69 Å². The highest BCUT2D eigenvalue weighted by atomic mass is 32.1. The number of nitrogens with one attached hydrogen (secondary N) is 1. The predicted octanol–water partition coefficient (Wildman–Crippen LogP) is 2.66. The Bertz CT molecular complexity index is 1020. The highest BCUT2D eigenvalue weighted by Crippen LogP contribution is 2.27. The van der Waals surface area contributed by atoms with Crippen molar-refractivity contribution in [3.05, 3.63) is 57.5 Å². The van der Waals surface area contributed by atoms with E-state index in [0.29, 0.717) is 16.1 Å². The third-order valence-corrected chi connectivity index (χ3v) is 5.10. The van der Waals surface area contributed by atoms with Gasteiger partial charge in [0.05, 0.1) is 11.7 Å². The molecule has 1 amide bonds. The molecule has 128 valence electrons. The van der Waals surface area contributed by atoms with Crippen LogP contribution in [0.3, 0.4) is 0 Å². The number of carbonyl (C=O) groups excluding carboxylic acids is 1. The summed E-state index contributed by atoms with van der Waals surface area (Å²) in [7, 11) is 0. The zero-order chi connectivity index (χ0) is 18.1. The summed E-state index contributed by atoms with van der Waals surface area (Å²) < 4.78 is 1.21. The van der Waals surface area contributed by atoms with Gasteiger partial charge in [-0.05, 0) is 31.5 Å². The van der Waals surface area contributed by atoms with Crippen LogP contribution in [0, 0.1) is 6.92 Å². The molecule has 1 unspecified atom stereocenters. The quantitative estimate of drug-likeness (QED) is 0.747. The van der Waals surface area contributed by atoms with E-state index in [9.17, 15) is 19.5 Å². The highest BCUT2D eigenvalue weighted by Gasteiger charge is 2.22. The first-order valence-corrected chi connectivity index (χ1v) is 8.31. The number of anilines is 1. The SMILES string of the molecule is Cc1c(C(=O)O)sc2ncn(C(C)C(=O)Nc3ccccc3)c(=O)c12. The minimum atomic E-state index is -1.10. The number of hydrogen-bond acceptors (Lipinski definition) is 5. The normalized spacial score (nSPS) is 12.1. The van der Waals surface area contributed by atoms with Gasteiger partial charge >= 0.3 is 5.97 Å². The molecule has 0 aliphatic rings. The molecule has 2 N–H and O–H groups in total. The molecule has 3 aromatic rings. The van der Waals surface area contributed by atoms with Gasteiger partial charge in [-0.15, -0.1) is 11.3 Å². The lowest BCUT2D eigenvalue weighted by Crippen LogP contribution is -2.31. The van der Waals surface area contributed by atoms with E-state index in [1.54, 1.807) is 38.1 Å². The van der Waals surface area contributed by atoms with Crippen LogP contribution >= 0.6 is 11.3 Å². The molecule has 1 atom stereocenters. The maximum Gasteiger partial charge on any atom is 0.346 e. The molecule has 2 heterocycles. The van der Waals surface area contributed by atoms with Crippen molar-refractivity contribution in [3.63, 3.8) is 0 Å². The van der Waals surface area contributed by atoms with Gasteiger partial charge in [0.15, 0.2) is 0 Å².